The van der Waals surface area contributed by atoms with E-state index in [0.29, 0.717) is 0 Å². The van der Waals surface area contributed by atoms with Crippen molar-refractivity contribution in [3.05, 3.63) is 0 Å². The number of rotatable bonds is 5. The number of hydrogen-bond donors (Lipinski definition) is 0. The van der Waals surface area contributed by atoms with Crippen molar-refractivity contribution < 1.29 is 9.53 Å². The number of carbonyl (C=O) groups excluding carboxylic acids is 1. The van der Waals surface area contributed by atoms with Crippen molar-refractivity contribution >= 4 is 12.2 Å². The number of hydrogen-bond acceptors (Lipinski definition) is 4. The number of piperidine rings is 1. The van der Waals surface area contributed by atoms with Gasteiger partial charge in [-0.05, 0) is 32.9 Å². The molecule has 0 saturated carbocycles. The van der Waals surface area contributed by atoms with Gasteiger partial charge in [0.2, 0.25) is 0 Å². The lowest BCUT2D eigenvalue weighted by Crippen LogP contribution is -2.38. The lowest BCUT2D eigenvalue weighted by Gasteiger charge is -2.32. The molecular formula is C14H26N2O2. The van der Waals surface area contributed by atoms with Crippen molar-refractivity contribution in [1.82, 2.24) is 4.90 Å². The first kappa shape index (κ1) is 15.2. The van der Waals surface area contributed by atoms with Crippen LogP contribution in [0.5, 0.6) is 0 Å². The Morgan fingerprint density at radius 3 is 2.56 bits per heavy atom. The normalized spacial score (nSPS) is 20.0. The van der Waals surface area contributed by atoms with E-state index in [9.17, 15) is 4.79 Å². The van der Waals surface area contributed by atoms with Crippen LogP contribution in [0, 0.1) is 5.41 Å². The molecule has 1 atom stereocenters. The lowest BCUT2D eigenvalue weighted by molar-refractivity contribution is -0.141. The van der Waals surface area contributed by atoms with Gasteiger partial charge in [0.05, 0.1) is 7.11 Å². The van der Waals surface area contributed by atoms with Crippen LogP contribution in [0.1, 0.15) is 40.0 Å². The molecule has 1 heterocycles. The largest absolute Gasteiger partial charge is 0.467 e. The van der Waals surface area contributed by atoms with Gasteiger partial charge in [0.25, 0.3) is 0 Å². The molecule has 0 spiro atoms. The van der Waals surface area contributed by atoms with Crippen molar-refractivity contribution in [3.63, 3.8) is 0 Å². The lowest BCUT2D eigenvalue weighted by atomic mass is 9.93. The second-order valence-electron chi connectivity index (χ2n) is 5.80. The van der Waals surface area contributed by atoms with Gasteiger partial charge < -0.3 is 9.64 Å². The van der Waals surface area contributed by atoms with E-state index in [4.69, 9.17) is 0 Å². The molecule has 0 amide bonds. The first-order valence-electron chi connectivity index (χ1n) is 6.79. The molecule has 1 rings (SSSR count). The maximum absolute atomic E-state index is 11.3. The molecule has 1 aliphatic rings. The third-order valence-corrected chi connectivity index (χ3v) is 3.27. The van der Waals surface area contributed by atoms with E-state index >= 15 is 0 Å². The second-order valence-corrected chi connectivity index (χ2v) is 5.80. The standard InChI is InChI=1S/C14H26N2O2/c1-12(13(17)18-4)15-10-14(2,3)11-16-8-6-5-7-9-16/h10,12H,5-9,11H2,1-4H3. The summed E-state index contributed by atoms with van der Waals surface area (Å²) in [7, 11) is 1.40. The molecule has 0 aromatic heterocycles. The quantitative estimate of drug-likeness (QED) is 0.557. The SMILES string of the molecule is COC(=O)C(C)N=CC(C)(C)CN1CCCCC1. The van der Waals surface area contributed by atoms with Gasteiger partial charge in [-0.2, -0.15) is 0 Å². The van der Waals surface area contributed by atoms with E-state index in [1.54, 1.807) is 6.92 Å². The summed E-state index contributed by atoms with van der Waals surface area (Å²) in [5.41, 5.74) is -0.000376. The average Bonchev–Trinajstić information content (AvgIpc) is 2.35. The highest BCUT2D eigenvalue weighted by molar-refractivity contribution is 5.78. The predicted molar refractivity (Wildman–Crippen MR) is 74.0 cm³/mol. The Morgan fingerprint density at radius 1 is 1.39 bits per heavy atom. The van der Waals surface area contributed by atoms with Crippen molar-refractivity contribution in [3.8, 4) is 0 Å². The molecule has 4 heteroatoms. The molecule has 1 aliphatic heterocycles. The molecular weight excluding hydrogens is 228 g/mol. The zero-order chi connectivity index (χ0) is 13.6. The highest BCUT2D eigenvalue weighted by Crippen LogP contribution is 2.18. The van der Waals surface area contributed by atoms with E-state index in [2.05, 4.69) is 28.5 Å². The fourth-order valence-electron chi connectivity index (χ4n) is 2.28. The Morgan fingerprint density at radius 2 is 2.00 bits per heavy atom. The van der Waals surface area contributed by atoms with E-state index in [1.165, 1.54) is 39.5 Å². The first-order valence-corrected chi connectivity index (χ1v) is 6.79. The second kappa shape index (κ2) is 6.88. The maximum Gasteiger partial charge on any atom is 0.330 e. The van der Waals surface area contributed by atoms with E-state index in [1.807, 2.05) is 6.21 Å². The number of nitrogens with zero attached hydrogens (tertiary/aromatic N) is 2. The molecule has 0 radical (unpaired) electrons. The molecule has 0 bridgehead atoms. The zero-order valence-corrected chi connectivity index (χ0v) is 12.1. The summed E-state index contributed by atoms with van der Waals surface area (Å²) >= 11 is 0. The van der Waals surface area contributed by atoms with Crippen LogP contribution in [0.15, 0.2) is 4.99 Å². The Labute approximate surface area is 110 Å². The fraction of sp³-hybridized carbons (Fsp3) is 0.857. The van der Waals surface area contributed by atoms with Crippen molar-refractivity contribution in [2.24, 2.45) is 10.4 Å². The smallest absolute Gasteiger partial charge is 0.330 e. The van der Waals surface area contributed by atoms with Crippen LogP contribution in [-0.4, -0.2) is 49.9 Å². The molecule has 0 N–H and O–H groups in total. The van der Waals surface area contributed by atoms with Crippen LogP contribution >= 0.6 is 0 Å². The number of methoxy groups -OCH3 is 1. The first-order chi connectivity index (χ1) is 8.44. The molecule has 1 fully saturated rings. The summed E-state index contributed by atoms with van der Waals surface area (Å²) in [5.74, 6) is -0.278. The third-order valence-electron chi connectivity index (χ3n) is 3.27. The Hall–Kier alpha value is -0.900. The molecule has 1 unspecified atom stereocenters. The van der Waals surface area contributed by atoms with Gasteiger partial charge in [-0.1, -0.05) is 20.3 Å². The molecule has 4 nitrogen and oxygen atoms in total. The maximum atomic E-state index is 11.3. The third kappa shape index (κ3) is 5.17. The summed E-state index contributed by atoms with van der Waals surface area (Å²) in [6, 6.07) is -0.407. The number of ether oxygens (including phenoxy) is 1. The van der Waals surface area contributed by atoms with Crippen molar-refractivity contribution in [1.29, 1.82) is 0 Å². The zero-order valence-electron chi connectivity index (χ0n) is 12.1. The summed E-state index contributed by atoms with van der Waals surface area (Å²) < 4.78 is 4.66. The van der Waals surface area contributed by atoms with Crippen molar-refractivity contribution in [2.75, 3.05) is 26.7 Å². The number of aliphatic imine (C=N–C) groups is 1. The minimum absolute atomic E-state index is 0.000376. The topological polar surface area (TPSA) is 41.9 Å². The highest BCUT2D eigenvalue weighted by atomic mass is 16.5. The minimum Gasteiger partial charge on any atom is -0.467 e. The van der Waals surface area contributed by atoms with Gasteiger partial charge in [-0.15, -0.1) is 0 Å². The molecule has 18 heavy (non-hydrogen) atoms. The molecule has 1 saturated heterocycles. The minimum atomic E-state index is -0.407. The van der Waals surface area contributed by atoms with E-state index < -0.39 is 6.04 Å². The Bertz CT molecular complexity index is 294. The molecule has 0 aliphatic carbocycles. The van der Waals surface area contributed by atoms with Gasteiger partial charge in [0, 0.05) is 18.2 Å². The average molecular weight is 254 g/mol. The van der Waals surface area contributed by atoms with Crippen LogP contribution < -0.4 is 0 Å². The van der Waals surface area contributed by atoms with Crippen LogP contribution in [0.4, 0.5) is 0 Å². The van der Waals surface area contributed by atoms with Crippen LogP contribution in [-0.2, 0) is 9.53 Å². The fourth-order valence-corrected chi connectivity index (χ4v) is 2.28. The van der Waals surface area contributed by atoms with Gasteiger partial charge in [0.15, 0.2) is 0 Å². The number of likely N-dealkylation sites (tertiary alicyclic amines) is 1. The van der Waals surface area contributed by atoms with E-state index in [-0.39, 0.29) is 11.4 Å². The summed E-state index contributed by atoms with van der Waals surface area (Å²) in [6.07, 6.45) is 5.85. The number of esters is 1. The van der Waals surface area contributed by atoms with Crippen LogP contribution in [0.3, 0.4) is 0 Å². The predicted octanol–water partition coefficient (Wildman–Crippen LogP) is 2.13. The summed E-state index contributed by atoms with van der Waals surface area (Å²) in [5, 5.41) is 0. The van der Waals surface area contributed by atoms with Crippen molar-refractivity contribution in [2.45, 2.75) is 46.1 Å². The highest BCUT2D eigenvalue weighted by Gasteiger charge is 2.22. The molecule has 104 valence electrons. The monoisotopic (exact) mass is 254 g/mol. The summed E-state index contributed by atoms with van der Waals surface area (Å²) in [6.45, 7) is 9.46. The number of carbonyl (C=O) groups is 1. The van der Waals surface area contributed by atoms with Gasteiger partial charge in [-0.25, -0.2) is 4.79 Å². The van der Waals surface area contributed by atoms with Gasteiger partial charge >= 0.3 is 5.97 Å². The summed E-state index contributed by atoms with van der Waals surface area (Å²) in [4.78, 5) is 18.1. The van der Waals surface area contributed by atoms with E-state index in [0.717, 1.165) is 6.54 Å². The molecule has 0 aromatic rings. The Kier molecular flexibility index (Phi) is 5.79. The van der Waals surface area contributed by atoms with Crippen LogP contribution in [0.2, 0.25) is 0 Å². The van der Waals surface area contributed by atoms with Gasteiger partial charge in [-0.3, -0.25) is 4.99 Å². The van der Waals surface area contributed by atoms with Crippen LogP contribution in [0.25, 0.3) is 0 Å². The molecule has 0 aromatic carbocycles. The van der Waals surface area contributed by atoms with Gasteiger partial charge in [0.1, 0.15) is 6.04 Å². The Balaban J connectivity index is 2.46.